The molecule has 1 amide bonds. The van der Waals surface area contributed by atoms with Crippen LogP contribution in [-0.2, 0) is 9.59 Å². The maximum Gasteiger partial charge on any atom is 0.325 e. The number of rotatable bonds is 2. The minimum Gasteiger partial charge on any atom is -0.480 e. The van der Waals surface area contributed by atoms with Crippen LogP contribution < -0.4 is 5.73 Å². The van der Waals surface area contributed by atoms with Gasteiger partial charge in [0.1, 0.15) is 5.54 Å². The quantitative estimate of drug-likeness (QED) is 0.712. The maximum atomic E-state index is 12.2. The summed E-state index contributed by atoms with van der Waals surface area (Å²) in [7, 11) is 0. The molecule has 17 heavy (non-hydrogen) atoms. The number of carboxylic acid groups (broad SMARTS) is 1. The first kappa shape index (κ1) is 11.0. The van der Waals surface area contributed by atoms with Gasteiger partial charge in [-0.1, -0.05) is 0 Å². The molecule has 2 saturated carbocycles. The highest BCUT2D eigenvalue weighted by molar-refractivity contribution is 5.84. The normalized spacial score (nSPS) is 43.6. The summed E-state index contributed by atoms with van der Waals surface area (Å²) >= 11 is 0. The smallest absolute Gasteiger partial charge is 0.325 e. The van der Waals surface area contributed by atoms with Gasteiger partial charge in [-0.2, -0.15) is 0 Å². The lowest BCUT2D eigenvalue weighted by molar-refractivity contribution is -0.143. The van der Waals surface area contributed by atoms with Crippen LogP contribution in [0.2, 0.25) is 0 Å². The predicted molar refractivity (Wildman–Crippen MR) is 60.1 cm³/mol. The van der Waals surface area contributed by atoms with E-state index in [1.165, 1.54) is 6.42 Å². The number of carbonyl (C=O) groups is 2. The van der Waals surface area contributed by atoms with Crippen LogP contribution in [0.25, 0.3) is 0 Å². The maximum absolute atomic E-state index is 12.2. The Hall–Kier alpha value is -1.10. The molecule has 3 aliphatic rings. The molecule has 0 radical (unpaired) electrons. The number of fused-ring (bicyclic) bond motifs is 1. The van der Waals surface area contributed by atoms with E-state index in [9.17, 15) is 9.59 Å². The number of hydrogen-bond donors (Lipinski definition) is 2. The topological polar surface area (TPSA) is 83.6 Å². The summed E-state index contributed by atoms with van der Waals surface area (Å²) in [6, 6.07) is 0. The van der Waals surface area contributed by atoms with Gasteiger partial charge in [-0.05, 0) is 37.5 Å². The molecule has 0 bridgehead atoms. The van der Waals surface area contributed by atoms with E-state index in [4.69, 9.17) is 10.8 Å². The number of nitrogens with two attached hydrogens (primary N) is 1. The fourth-order valence-corrected chi connectivity index (χ4v) is 3.37. The number of hydrogen-bond acceptors (Lipinski definition) is 3. The number of aliphatic carboxylic acids is 1. The van der Waals surface area contributed by atoms with Crippen molar-refractivity contribution >= 4 is 11.9 Å². The van der Waals surface area contributed by atoms with Crippen LogP contribution in [0, 0.1) is 17.8 Å². The van der Waals surface area contributed by atoms with Crippen molar-refractivity contribution in [2.75, 3.05) is 13.1 Å². The molecule has 1 aliphatic heterocycles. The van der Waals surface area contributed by atoms with Crippen LogP contribution in [0.1, 0.15) is 25.7 Å². The van der Waals surface area contributed by atoms with E-state index in [-0.39, 0.29) is 18.4 Å². The van der Waals surface area contributed by atoms with Gasteiger partial charge in [-0.3, -0.25) is 9.59 Å². The Morgan fingerprint density at radius 1 is 1.24 bits per heavy atom. The molecule has 0 aromatic carbocycles. The van der Waals surface area contributed by atoms with Crippen molar-refractivity contribution in [1.29, 1.82) is 0 Å². The third-order valence-corrected chi connectivity index (χ3v) is 4.63. The Kier molecular flexibility index (Phi) is 2.23. The Morgan fingerprint density at radius 2 is 1.88 bits per heavy atom. The zero-order valence-corrected chi connectivity index (χ0v) is 9.76. The van der Waals surface area contributed by atoms with Gasteiger partial charge in [0.05, 0.1) is 0 Å². The summed E-state index contributed by atoms with van der Waals surface area (Å²) in [5, 5.41) is 9.02. The first-order valence-electron chi connectivity index (χ1n) is 6.31. The molecule has 5 nitrogen and oxygen atoms in total. The monoisotopic (exact) mass is 238 g/mol. The number of carboxylic acids is 1. The molecule has 3 unspecified atom stereocenters. The second-order valence-electron chi connectivity index (χ2n) is 5.90. The van der Waals surface area contributed by atoms with Crippen LogP contribution >= 0.6 is 0 Å². The Balaban J connectivity index is 1.62. The standard InChI is InChI=1S/C12H18N2O3/c13-12(11(16)17)1-2-14(6-12)10(15)9-4-7-3-8(7)5-9/h7-9H,1-6,13H2,(H,16,17). The van der Waals surface area contributed by atoms with Crippen LogP contribution in [-0.4, -0.2) is 40.5 Å². The third kappa shape index (κ3) is 1.73. The Morgan fingerprint density at radius 3 is 2.41 bits per heavy atom. The number of amides is 1. The molecule has 94 valence electrons. The highest BCUT2D eigenvalue weighted by Crippen LogP contribution is 2.54. The summed E-state index contributed by atoms with van der Waals surface area (Å²) in [5.74, 6) is 0.810. The molecule has 0 spiro atoms. The van der Waals surface area contributed by atoms with E-state index in [1.54, 1.807) is 4.90 Å². The highest BCUT2D eigenvalue weighted by atomic mass is 16.4. The Labute approximate surface area is 100.0 Å². The van der Waals surface area contributed by atoms with Crippen LogP contribution in [0.5, 0.6) is 0 Å². The molecule has 0 aromatic rings. The lowest BCUT2D eigenvalue weighted by atomic mass is 10.0. The minimum absolute atomic E-state index is 0.130. The van der Waals surface area contributed by atoms with Crippen LogP contribution in [0.4, 0.5) is 0 Å². The van der Waals surface area contributed by atoms with Crippen molar-refractivity contribution in [1.82, 2.24) is 4.90 Å². The molecule has 3 atom stereocenters. The number of nitrogens with zero attached hydrogens (tertiary/aromatic N) is 1. The summed E-state index contributed by atoms with van der Waals surface area (Å²) in [5.41, 5.74) is 4.55. The molecule has 3 rings (SSSR count). The fourth-order valence-electron chi connectivity index (χ4n) is 3.37. The summed E-state index contributed by atoms with van der Waals surface area (Å²) in [6.45, 7) is 0.667. The molecule has 1 heterocycles. The van der Waals surface area contributed by atoms with Crippen molar-refractivity contribution in [3.63, 3.8) is 0 Å². The highest BCUT2D eigenvalue weighted by Gasteiger charge is 2.51. The van der Waals surface area contributed by atoms with Gasteiger partial charge in [0.25, 0.3) is 0 Å². The second-order valence-corrected chi connectivity index (χ2v) is 5.90. The second kappa shape index (κ2) is 3.45. The molecule has 3 fully saturated rings. The minimum atomic E-state index is -1.23. The molecule has 0 aromatic heterocycles. The van der Waals surface area contributed by atoms with E-state index >= 15 is 0 Å². The summed E-state index contributed by atoms with van der Waals surface area (Å²) in [4.78, 5) is 24.9. The molecule has 2 aliphatic carbocycles. The molecule has 1 saturated heterocycles. The first-order chi connectivity index (χ1) is 7.99. The van der Waals surface area contributed by atoms with E-state index in [1.807, 2.05) is 0 Å². The molecular formula is C12H18N2O3. The fraction of sp³-hybridized carbons (Fsp3) is 0.833. The third-order valence-electron chi connectivity index (χ3n) is 4.63. The van der Waals surface area contributed by atoms with Gasteiger partial charge < -0.3 is 15.7 Å². The summed E-state index contributed by atoms with van der Waals surface area (Å²) in [6.07, 6.45) is 3.67. The Bertz CT molecular complexity index is 374. The van der Waals surface area contributed by atoms with Crippen LogP contribution in [0.3, 0.4) is 0 Å². The lowest BCUT2D eigenvalue weighted by Gasteiger charge is -2.23. The number of likely N-dealkylation sites (tertiary alicyclic amines) is 1. The summed E-state index contributed by atoms with van der Waals surface area (Å²) < 4.78 is 0. The van der Waals surface area contributed by atoms with Gasteiger partial charge in [0.2, 0.25) is 5.91 Å². The van der Waals surface area contributed by atoms with Gasteiger partial charge in [0, 0.05) is 19.0 Å². The number of carbonyl (C=O) groups excluding carboxylic acids is 1. The van der Waals surface area contributed by atoms with Gasteiger partial charge >= 0.3 is 5.97 Å². The van der Waals surface area contributed by atoms with Crippen molar-refractivity contribution in [2.45, 2.75) is 31.2 Å². The predicted octanol–water partition coefficient (Wildman–Crippen LogP) is 0.0469. The van der Waals surface area contributed by atoms with Gasteiger partial charge in [0.15, 0.2) is 0 Å². The average molecular weight is 238 g/mol. The molecular weight excluding hydrogens is 220 g/mol. The van der Waals surface area contributed by atoms with E-state index in [2.05, 4.69) is 0 Å². The van der Waals surface area contributed by atoms with Crippen molar-refractivity contribution in [2.24, 2.45) is 23.5 Å². The van der Waals surface area contributed by atoms with Crippen molar-refractivity contribution in [3.8, 4) is 0 Å². The first-order valence-corrected chi connectivity index (χ1v) is 6.31. The largest absolute Gasteiger partial charge is 0.480 e. The average Bonchev–Trinajstić information content (AvgIpc) is 2.75. The zero-order valence-electron chi connectivity index (χ0n) is 9.76. The van der Waals surface area contributed by atoms with Gasteiger partial charge in [-0.25, -0.2) is 0 Å². The van der Waals surface area contributed by atoms with E-state index in [0.717, 1.165) is 24.7 Å². The van der Waals surface area contributed by atoms with Crippen molar-refractivity contribution < 1.29 is 14.7 Å². The van der Waals surface area contributed by atoms with E-state index < -0.39 is 11.5 Å². The SMILES string of the molecule is NC1(C(=O)O)CCN(C(=O)C2CC3CC3C2)C1. The zero-order chi connectivity index (χ0) is 12.2. The van der Waals surface area contributed by atoms with Gasteiger partial charge in [-0.15, -0.1) is 0 Å². The molecule has 5 heteroatoms. The lowest BCUT2D eigenvalue weighted by Crippen LogP contribution is -2.51. The van der Waals surface area contributed by atoms with Crippen molar-refractivity contribution in [3.05, 3.63) is 0 Å². The van der Waals surface area contributed by atoms with Crippen LogP contribution in [0.15, 0.2) is 0 Å². The molecule has 3 N–H and O–H groups in total. The van der Waals surface area contributed by atoms with E-state index in [0.29, 0.717) is 13.0 Å².